The lowest BCUT2D eigenvalue weighted by atomic mass is 9.94. The van der Waals surface area contributed by atoms with Gasteiger partial charge >= 0.3 is 0 Å². The second-order valence-corrected chi connectivity index (χ2v) is 4.22. The van der Waals surface area contributed by atoms with E-state index in [2.05, 4.69) is 0 Å². The fraction of sp³-hybridized carbons (Fsp3) is 0.538. The Labute approximate surface area is 97.0 Å². The highest BCUT2D eigenvalue weighted by atomic mass is 16.5. The van der Waals surface area contributed by atoms with Crippen molar-refractivity contribution in [3.8, 4) is 11.5 Å². The number of aliphatic hydroxyl groups is 1. The monoisotopic (exact) mass is 224 g/mol. The molecule has 0 saturated carbocycles. The maximum Gasteiger partial charge on any atom is 0.160 e. The maximum absolute atomic E-state index is 9.99. The summed E-state index contributed by atoms with van der Waals surface area (Å²) in [4.78, 5) is 0. The van der Waals surface area contributed by atoms with E-state index in [1.807, 2.05) is 32.0 Å². The van der Waals surface area contributed by atoms with Crippen molar-refractivity contribution >= 4 is 0 Å². The van der Waals surface area contributed by atoms with E-state index in [9.17, 15) is 5.11 Å². The van der Waals surface area contributed by atoms with E-state index >= 15 is 0 Å². The molecule has 0 aromatic heterocycles. The lowest BCUT2D eigenvalue weighted by molar-refractivity contribution is 0.0564. The number of methoxy groups -OCH3 is 2. The van der Waals surface area contributed by atoms with Crippen LogP contribution in [0.5, 0.6) is 11.5 Å². The fourth-order valence-corrected chi connectivity index (χ4v) is 1.56. The molecule has 1 N–H and O–H groups in total. The Morgan fingerprint density at radius 2 is 1.81 bits per heavy atom. The van der Waals surface area contributed by atoms with Gasteiger partial charge in [0.05, 0.1) is 19.8 Å². The van der Waals surface area contributed by atoms with Crippen molar-refractivity contribution in [1.82, 2.24) is 0 Å². The lowest BCUT2D eigenvalue weighted by Gasteiger charge is -2.21. The van der Waals surface area contributed by atoms with Gasteiger partial charge in [-0.25, -0.2) is 0 Å². The van der Waals surface area contributed by atoms with Gasteiger partial charge in [-0.15, -0.1) is 0 Å². The molecule has 90 valence electrons. The number of hydrogen-bond acceptors (Lipinski definition) is 3. The van der Waals surface area contributed by atoms with E-state index in [0.717, 1.165) is 12.0 Å². The molecular weight excluding hydrogens is 204 g/mol. The van der Waals surface area contributed by atoms with Gasteiger partial charge in [0.15, 0.2) is 11.5 Å². The molecule has 0 amide bonds. The van der Waals surface area contributed by atoms with Gasteiger partial charge in [0.25, 0.3) is 0 Å². The third kappa shape index (κ3) is 3.14. The van der Waals surface area contributed by atoms with Gasteiger partial charge in [0.2, 0.25) is 0 Å². The molecule has 0 aliphatic rings. The van der Waals surface area contributed by atoms with Gasteiger partial charge in [-0.05, 0) is 31.0 Å². The minimum Gasteiger partial charge on any atom is -0.493 e. The number of rotatable bonds is 5. The summed E-state index contributed by atoms with van der Waals surface area (Å²) in [5.41, 5.74) is 0.379. The van der Waals surface area contributed by atoms with E-state index in [-0.39, 0.29) is 0 Å². The van der Waals surface area contributed by atoms with E-state index in [0.29, 0.717) is 17.9 Å². The molecule has 3 heteroatoms. The SMILES string of the molecule is CCC(C)(O)Cc1ccc(OC)c(OC)c1. The average Bonchev–Trinajstić information content (AvgIpc) is 2.28. The standard InChI is InChI=1S/C13H20O3/c1-5-13(2,14)9-10-6-7-11(15-3)12(8-10)16-4/h6-8,14H,5,9H2,1-4H3. The van der Waals surface area contributed by atoms with Gasteiger partial charge in [-0.3, -0.25) is 0 Å². The summed E-state index contributed by atoms with van der Waals surface area (Å²) in [6.07, 6.45) is 1.34. The van der Waals surface area contributed by atoms with Gasteiger partial charge in [-0.1, -0.05) is 13.0 Å². The molecule has 1 atom stereocenters. The average molecular weight is 224 g/mol. The molecule has 1 rings (SSSR count). The fourth-order valence-electron chi connectivity index (χ4n) is 1.56. The van der Waals surface area contributed by atoms with Crippen molar-refractivity contribution in [3.63, 3.8) is 0 Å². The van der Waals surface area contributed by atoms with Crippen LogP contribution in [0.2, 0.25) is 0 Å². The van der Waals surface area contributed by atoms with Crippen molar-refractivity contribution in [2.24, 2.45) is 0 Å². The molecule has 0 radical (unpaired) electrons. The lowest BCUT2D eigenvalue weighted by Crippen LogP contribution is -2.25. The van der Waals surface area contributed by atoms with Crippen molar-refractivity contribution in [1.29, 1.82) is 0 Å². The van der Waals surface area contributed by atoms with E-state index in [4.69, 9.17) is 9.47 Å². The van der Waals surface area contributed by atoms with Crippen LogP contribution in [0.25, 0.3) is 0 Å². The molecule has 0 saturated heterocycles. The summed E-state index contributed by atoms with van der Waals surface area (Å²) in [7, 11) is 3.22. The molecule has 16 heavy (non-hydrogen) atoms. The van der Waals surface area contributed by atoms with Crippen LogP contribution in [0.4, 0.5) is 0 Å². The molecule has 0 fully saturated rings. The number of ether oxygens (including phenoxy) is 2. The third-order valence-corrected chi connectivity index (χ3v) is 2.79. The third-order valence-electron chi connectivity index (χ3n) is 2.79. The number of hydrogen-bond donors (Lipinski definition) is 1. The van der Waals surface area contributed by atoms with E-state index < -0.39 is 5.60 Å². The Hall–Kier alpha value is -1.22. The van der Waals surface area contributed by atoms with Crippen molar-refractivity contribution in [2.45, 2.75) is 32.3 Å². The maximum atomic E-state index is 9.99. The van der Waals surface area contributed by atoms with Crippen LogP contribution in [0.1, 0.15) is 25.8 Å². The molecular formula is C13H20O3. The Morgan fingerprint density at radius 3 is 2.31 bits per heavy atom. The molecule has 0 spiro atoms. The summed E-state index contributed by atoms with van der Waals surface area (Å²) in [6.45, 7) is 3.81. The molecule has 0 bridgehead atoms. The first-order chi connectivity index (χ1) is 7.52. The Morgan fingerprint density at radius 1 is 1.19 bits per heavy atom. The zero-order valence-electron chi connectivity index (χ0n) is 10.4. The molecule has 0 aliphatic heterocycles. The molecule has 1 unspecified atom stereocenters. The first kappa shape index (κ1) is 12.8. The van der Waals surface area contributed by atoms with Gasteiger partial charge in [-0.2, -0.15) is 0 Å². The van der Waals surface area contributed by atoms with Crippen molar-refractivity contribution in [3.05, 3.63) is 23.8 Å². The second kappa shape index (κ2) is 5.21. The van der Waals surface area contributed by atoms with Crippen LogP contribution in [-0.2, 0) is 6.42 Å². The number of benzene rings is 1. The smallest absolute Gasteiger partial charge is 0.160 e. The van der Waals surface area contributed by atoms with E-state index in [1.54, 1.807) is 14.2 Å². The zero-order chi connectivity index (χ0) is 12.2. The molecule has 0 heterocycles. The summed E-state index contributed by atoms with van der Waals surface area (Å²) >= 11 is 0. The van der Waals surface area contributed by atoms with Crippen molar-refractivity contribution < 1.29 is 14.6 Å². The molecule has 0 aliphatic carbocycles. The summed E-state index contributed by atoms with van der Waals surface area (Å²) in [5, 5.41) is 9.99. The Balaban J connectivity index is 2.91. The minimum atomic E-state index is -0.667. The van der Waals surface area contributed by atoms with Gasteiger partial charge < -0.3 is 14.6 Å². The van der Waals surface area contributed by atoms with Crippen LogP contribution < -0.4 is 9.47 Å². The normalized spacial score (nSPS) is 14.3. The Bertz CT molecular complexity index is 345. The molecule has 1 aromatic rings. The van der Waals surface area contributed by atoms with E-state index in [1.165, 1.54) is 0 Å². The Kier molecular flexibility index (Phi) is 4.19. The zero-order valence-corrected chi connectivity index (χ0v) is 10.4. The predicted octanol–water partition coefficient (Wildman–Crippen LogP) is 2.41. The second-order valence-electron chi connectivity index (χ2n) is 4.22. The predicted molar refractivity (Wildman–Crippen MR) is 64.2 cm³/mol. The topological polar surface area (TPSA) is 38.7 Å². The van der Waals surface area contributed by atoms with Crippen LogP contribution >= 0.6 is 0 Å². The highest BCUT2D eigenvalue weighted by Gasteiger charge is 2.18. The van der Waals surface area contributed by atoms with Crippen LogP contribution in [-0.4, -0.2) is 24.9 Å². The molecule has 1 aromatic carbocycles. The van der Waals surface area contributed by atoms with Crippen LogP contribution in [0, 0.1) is 0 Å². The van der Waals surface area contributed by atoms with Crippen molar-refractivity contribution in [2.75, 3.05) is 14.2 Å². The molecule has 3 nitrogen and oxygen atoms in total. The van der Waals surface area contributed by atoms with Gasteiger partial charge in [0.1, 0.15) is 0 Å². The first-order valence-corrected chi connectivity index (χ1v) is 5.45. The van der Waals surface area contributed by atoms with Crippen LogP contribution in [0.3, 0.4) is 0 Å². The minimum absolute atomic E-state index is 0.615. The van der Waals surface area contributed by atoms with Gasteiger partial charge in [0, 0.05) is 6.42 Å². The largest absolute Gasteiger partial charge is 0.493 e. The van der Waals surface area contributed by atoms with Crippen LogP contribution in [0.15, 0.2) is 18.2 Å². The first-order valence-electron chi connectivity index (χ1n) is 5.45. The quantitative estimate of drug-likeness (QED) is 0.834. The summed E-state index contributed by atoms with van der Waals surface area (Å²) < 4.78 is 10.4. The highest BCUT2D eigenvalue weighted by Crippen LogP contribution is 2.29. The summed E-state index contributed by atoms with van der Waals surface area (Å²) in [5.74, 6) is 1.41. The summed E-state index contributed by atoms with van der Waals surface area (Å²) in [6, 6.07) is 5.72. The highest BCUT2D eigenvalue weighted by molar-refractivity contribution is 5.43.